The zero-order valence-corrected chi connectivity index (χ0v) is 8.02. The molecule has 0 spiro atoms. The van der Waals surface area contributed by atoms with Crippen LogP contribution >= 0.6 is 0 Å². The molecule has 5 N–H and O–H groups in total. The van der Waals surface area contributed by atoms with E-state index in [2.05, 4.69) is 0 Å². The monoisotopic (exact) mass is 196 g/mol. The summed E-state index contributed by atoms with van der Waals surface area (Å²) in [7, 11) is 0. The van der Waals surface area contributed by atoms with E-state index in [1.807, 2.05) is 24.3 Å². The van der Waals surface area contributed by atoms with Crippen LogP contribution in [0.4, 0.5) is 0 Å². The second-order valence-corrected chi connectivity index (χ2v) is 2.98. The first-order chi connectivity index (χ1) is 6.77. The molecule has 0 aliphatic heterocycles. The Balaban J connectivity index is 2.59. The molecule has 0 aliphatic rings. The van der Waals surface area contributed by atoms with Crippen LogP contribution in [0.1, 0.15) is 11.6 Å². The van der Waals surface area contributed by atoms with Gasteiger partial charge in [0, 0.05) is 12.6 Å². The fourth-order valence-corrected chi connectivity index (χ4v) is 1.11. The highest BCUT2D eigenvalue weighted by Crippen LogP contribution is 2.15. The average Bonchev–Trinajstić information content (AvgIpc) is 2.26. The van der Waals surface area contributed by atoms with Gasteiger partial charge in [0.1, 0.15) is 12.4 Å². The van der Waals surface area contributed by atoms with Gasteiger partial charge in [0.05, 0.1) is 6.61 Å². The predicted molar refractivity (Wildman–Crippen MR) is 55.0 cm³/mol. The first-order valence-electron chi connectivity index (χ1n) is 4.57. The molecule has 1 rings (SSSR count). The van der Waals surface area contributed by atoms with Gasteiger partial charge in [0.25, 0.3) is 0 Å². The Bertz CT molecular complexity index is 261. The van der Waals surface area contributed by atoms with Crippen molar-refractivity contribution < 1.29 is 9.84 Å². The molecule has 0 saturated heterocycles. The molecule has 4 heteroatoms. The van der Waals surface area contributed by atoms with Crippen molar-refractivity contribution in [1.29, 1.82) is 0 Å². The molecule has 0 fully saturated rings. The van der Waals surface area contributed by atoms with Crippen LogP contribution in [0.25, 0.3) is 0 Å². The molecule has 0 amide bonds. The van der Waals surface area contributed by atoms with Crippen molar-refractivity contribution in [1.82, 2.24) is 0 Å². The Hall–Kier alpha value is -1.10. The third-order valence-corrected chi connectivity index (χ3v) is 1.92. The van der Waals surface area contributed by atoms with Crippen molar-refractivity contribution in [3.63, 3.8) is 0 Å². The van der Waals surface area contributed by atoms with Gasteiger partial charge in [0.15, 0.2) is 0 Å². The highest BCUT2D eigenvalue weighted by Gasteiger charge is 2.02. The largest absolute Gasteiger partial charge is 0.491 e. The second kappa shape index (κ2) is 5.59. The maximum absolute atomic E-state index is 8.55. The number of benzene rings is 1. The summed E-state index contributed by atoms with van der Waals surface area (Å²) in [5.41, 5.74) is 12.2. The normalized spacial score (nSPS) is 12.5. The Morgan fingerprint density at radius 2 is 1.93 bits per heavy atom. The molecule has 0 saturated carbocycles. The lowest BCUT2D eigenvalue weighted by Gasteiger charge is -2.10. The van der Waals surface area contributed by atoms with Crippen molar-refractivity contribution in [2.75, 3.05) is 19.8 Å². The number of aliphatic hydroxyl groups is 1. The Kier molecular flexibility index (Phi) is 4.39. The molecule has 0 bridgehead atoms. The third-order valence-electron chi connectivity index (χ3n) is 1.92. The van der Waals surface area contributed by atoms with Crippen LogP contribution in [-0.2, 0) is 0 Å². The summed E-state index contributed by atoms with van der Waals surface area (Å²) in [6.07, 6.45) is 0. The number of nitrogens with two attached hydrogens (primary N) is 2. The quantitative estimate of drug-likeness (QED) is 0.620. The molecular weight excluding hydrogens is 180 g/mol. The lowest BCUT2D eigenvalue weighted by Crippen LogP contribution is -2.20. The van der Waals surface area contributed by atoms with E-state index in [0.717, 1.165) is 11.3 Å². The molecule has 4 nitrogen and oxygen atoms in total. The number of hydrogen-bond donors (Lipinski definition) is 3. The lowest BCUT2D eigenvalue weighted by atomic mass is 10.1. The predicted octanol–water partition coefficient (Wildman–Crippen LogP) is 0.0162. The molecule has 0 aromatic heterocycles. The zero-order chi connectivity index (χ0) is 10.4. The van der Waals surface area contributed by atoms with Crippen molar-refractivity contribution in [3.8, 4) is 5.75 Å². The fourth-order valence-electron chi connectivity index (χ4n) is 1.11. The third kappa shape index (κ3) is 2.99. The molecule has 0 radical (unpaired) electrons. The maximum Gasteiger partial charge on any atom is 0.119 e. The molecule has 1 aromatic rings. The molecule has 78 valence electrons. The standard InChI is InChI=1S/C10H16N2O2/c11-7-10(12)8-1-3-9(4-2-8)14-6-5-13/h1-4,10,13H,5-7,11-12H2/t10-/m1/s1. The Labute approximate surface area is 83.5 Å². The highest BCUT2D eigenvalue weighted by atomic mass is 16.5. The van der Waals surface area contributed by atoms with Gasteiger partial charge in [0.2, 0.25) is 0 Å². The summed E-state index contributed by atoms with van der Waals surface area (Å²) < 4.78 is 5.20. The second-order valence-electron chi connectivity index (χ2n) is 2.98. The summed E-state index contributed by atoms with van der Waals surface area (Å²) in [6.45, 7) is 0.753. The number of hydrogen-bond acceptors (Lipinski definition) is 4. The highest BCUT2D eigenvalue weighted by molar-refractivity contribution is 5.29. The molecule has 1 aromatic carbocycles. The van der Waals surface area contributed by atoms with Crippen LogP contribution in [0.2, 0.25) is 0 Å². The van der Waals surface area contributed by atoms with Crippen LogP contribution in [-0.4, -0.2) is 24.9 Å². The van der Waals surface area contributed by atoms with Gasteiger partial charge >= 0.3 is 0 Å². The first-order valence-corrected chi connectivity index (χ1v) is 4.57. The van der Waals surface area contributed by atoms with E-state index < -0.39 is 0 Å². The van der Waals surface area contributed by atoms with Gasteiger partial charge in [-0.1, -0.05) is 12.1 Å². The van der Waals surface area contributed by atoms with Crippen LogP contribution in [0.3, 0.4) is 0 Å². The Morgan fingerprint density at radius 1 is 1.29 bits per heavy atom. The number of rotatable bonds is 5. The van der Waals surface area contributed by atoms with Gasteiger partial charge in [-0.05, 0) is 17.7 Å². The Morgan fingerprint density at radius 3 is 2.43 bits per heavy atom. The minimum Gasteiger partial charge on any atom is -0.491 e. The molecule has 1 atom stereocenters. The van der Waals surface area contributed by atoms with Crippen LogP contribution in [0, 0.1) is 0 Å². The van der Waals surface area contributed by atoms with Crippen molar-refractivity contribution in [2.24, 2.45) is 11.5 Å². The molecule has 0 heterocycles. The summed E-state index contributed by atoms with van der Waals surface area (Å²) >= 11 is 0. The van der Waals surface area contributed by atoms with E-state index in [1.165, 1.54) is 0 Å². The molecule has 0 unspecified atom stereocenters. The maximum atomic E-state index is 8.55. The lowest BCUT2D eigenvalue weighted by molar-refractivity contribution is 0.201. The smallest absolute Gasteiger partial charge is 0.119 e. The SMILES string of the molecule is NC[C@@H](N)c1ccc(OCCO)cc1. The fraction of sp³-hybridized carbons (Fsp3) is 0.400. The minimum absolute atomic E-state index is 0.0179. The van der Waals surface area contributed by atoms with Gasteiger partial charge < -0.3 is 21.3 Å². The molecule has 14 heavy (non-hydrogen) atoms. The number of ether oxygens (including phenoxy) is 1. The van der Waals surface area contributed by atoms with Gasteiger partial charge in [-0.3, -0.25) is 0 Å². The van der Waals surface area contributed by atoms with E-state index in [9.17, 15) is 0 Å². The summed E-state index contributed by atoms with van der Waals surface area (Å²) in [6, 6.07) is 7.28. The first kappa shape index (κ1) is 11.0. The van der Waals surface area contributed by atoms with E-state index in [-0.39, 0.29) is 12.6 Å². The van der Waals surface area contributed by atoms with Crippen LogP contribution < -0.4 is 16.2 Å². The van der Waals surface area contributed by atoms with E-state index >= 15 is 0 Å². The summed E-state index contributed by atoms with van der Waals surface area (Å²) in [5.74, 6) is 0.729. The van der Waals surface area contributed by atoms with Crippen molar-refractivity contribution >= 4 is 0 Å². The van der Waals surface area contributed by atoms with Crippen molar-refractivity contribution in [3.05, 3.63) is 29.8 Å². The van der Waals surface area contributed by atoms with Gasteiger partial charge in [-0.15, -0.1) is 0 Å². The van der Waals surface area contributed by atoms with Crippen LogP contribution in [0.15, 0.2) is 24.3 Å². The van der Waals surface area contributed by atoms with E-state index in [4.69, 9.17) is 21.3 Å². The minimum atomic E-state index is -0.123. The topological polar surface area (TPSA) is 81.5 Å². The molecule has 0 aliphatic carbocycles. The van der Waals surface area contributed by atoms with Gasteiger partial charge in [-0.2, -0.15) is 0 Å². The van der Waals surface area contributed by atoms with Crippen LogP contribution in [0.5, 0.6) is 5.75 Å². The molecular formula is C10H16N2O2. The summed E-state index contributed by atoms with van der Waals surface area (Å²) in [4.78, 5) is 0. The summed E-state index contributed by atoms with van der Waals surface area (Å²) in [5, 5.41) is 8.55. The van der Waals surface area contributed by atoms with Crippen molar-refractivity contribution in [2.45, 2.75) is 6.04 Å². The van der Waals surface area contributed by atoms with E-state index in [1.54, 1.807) is 0 Å². The zero-order valence-electron chi connectivity index (χ0n) is 8.02. The van der Waals surface area contributed by atoms with E-state index in [0.29, 0.717) is 13.2 Å². The average molecular weight is 196 g/mol. The number of aliphatic hydroxyl groups excluding tert-OH is 1. The van der Waals surface area contributed by atoms with Gasteiger partial charge in [-0.25, -0.2) is 0 Å².